The van der Waals surface area contributed by atoms with Crippen LogP contribution < -0.4 is 16.0 Å². The Bertz CT molecular complexity index is 487. The van der Waals surface area contributed by atoms with Crippen LogP contribution in [0.3, 0.4) is 0 Å². The monoisotopic (exact) mass is 293 g/mol. The number of amides is 3. The van der Waals surface area contributed by atoms with Crippen LogP contribution >= 0.6 is 0 Å². The number of hydrogen-bond acceptors (Lipinski definition) is 4. The number of hydrogen-bond donors (Lipinski definition) is 3. The molecule has 1 unspecified atom stereocenters. The van der Waals surface area contributed by atoms with Gasteiger partial charge in [-0.05, 0) is 24.6 Å². The van der Waals surface area contributed by atoms with E-state index in [0.717, 1.165) is 5.56 Å². The number of ether oxygens (including phenoxy) is 1. The Morgan fingerprint density at radius 3 is 2.52 bits per heavy atom. The molecule has 1 aromatic rings. The summed E-state index contributed by atoms with van der Waals surface area (Å²) in [5, 5.41) is 7.39. The summed E-state index contributed by atoms with van der Waals surface area (Å²) in [6.07, 6.45) is 0.423. The Balaban J connectivity index is 2.47. The van der Waals surface area contributed by atoms with Crippen molar-refractivity contribution in [2.45, 2.75) is 19.6 Å². The Morgan fingerprint density at radius 2 is 1.95 bits per heavy atom. The molecule has 1 rings (SSSR count). The van der Waals surface area contributed by atoms with E-state index in [0.29, 0.717) is 18.7 Å². The van der Waals surface area contributed by atoms with Gasteiger partial charge in [0.2, 0.25) is 18.2 Å². The summed E-state index contributed by atoms with van der Waals surface area (Å²) in [5.41, 5.74) is 1.63. The Morgan fingerprint density at radius 1 is 1.29 bits per heavy atom. The predicted molar refractivity (Wildman–Crippen MR) is 77.5 cm³/mol. The van der Waals surface area contributed by atoms with Gasteiger partial charge in [0.25, 0.3) is 0 Å². The first-order valence-electron chi connectivity index (χ1n) is 6.42. The number of methoxy groups -OCH3 is 1. The van der Waals surface area contributed by atoms with E-state index in [1.54, 1.807) is 26.2 Å². The maximum atomic E-state index is 11.9. The molecule has 0 aliphatic heterocycles. The fourth-order valence-electron chi connectivity index (χ4n) is 1.59. The van der Waals surface area contributed by atoms with Crippen LogP contribution in [-0.4, -0.2) is 37.9 Å². The smallest absolute Gasteiger partial charge is 0.246 e. The van der Waals surface area contributed by atoms with Gasteiger partial charge in [0.1, 0.15) is 6.04 Å². The molecule has 0 saturated carbocycles. The highest BCUT2D eigenvalue weighted by Crippen LogP contribution is 2.10. The van der Waals surface area contributed by atoms with Crippen LogP contribution in [0.1, 0.15) is 12.5 Å². The SMILES string of the molecule is COCc1ccc(NC(=O)C(C)NC(=O)CNC=O)cc1. The standard InChI is InChI=1S/C14H19N3O4/c1-10(16-13(19)7-15-9-18)14(20)17-12-5-3-11(4-6-12)8-21-2/h3-6,9-10H,7-8H2,1-2H3,(H,15,18)(H,16,19)(H,17,20). The average Bonchev–Trinajstić information content (AvgIpc) is 2.47. The van der Waals surface area contributed by atoms with Gasteiger partial charge in [-0.25, -0.2) is 0 Å². The lowest BCUT2D eigenvalue weighted by Gasteiger charge is -2.14. The van der Waals surface area contributed by atoms with Crippen molar-refractivity contribution in [3.63, 3.8) is 0 Å². The van der Waals surface area contributed by atoms with E-state index >= 15 is 0 Å². The highest BCUT2D eigenvalue weighted by Gasteiger charge is 2.15. The van der Waals surface area contributed by atoms with E-state index in [4.69, 9.17) is 4.74 Å². The number of carbonyl (C=O) groups excluding carboxylic acids is 3. The van der Waals surface area contributed by atoms with E-state index in [2.05, 4.69) is 16.0 Å². The van der Waals surface area contributed by atoms with Crippen molar-refractivity contribution in [1.82, 2.24) is 10.6 Å². The van der Waals surface area contributed by atoms with Gasteiger partial charge >= 0.3 is 0 Å². The lowest BCUT2D eigenvalue weighted by atomic mass is 10.2. The molecule has 1 aromatic carbocycles. The zero-order valence-corrected chi connectivity index (χ0v) is 12.0. The molecule has 114 valence electrons. The van der Waals surface area contributed by atoms with Crippen LogP contribution in [-0.2, 0) is 25.7 Å². The van der Waals surface area contributed by atoms with Crippen molar-refractivity contribution in [3.8, 4) is 0 Å². The summed E-state index contributed by atoms with van der Waals surface area (Å²) in [4.78, 5) is 33.3. The van der Waals surface area contributed by atoms with Crippen LogP contribution in [0.25, 0.3) is 0 Å². The Hall–Kier alpha value is -2.41. The zero-order valence-electron chi connectivity index (χ0n) is 12.0. The summed E-state index contributed by atoms with van der Waals surface area (Å²) in [5.74, 6) is -0.769. The normalized spacial score (nSPS) is 11.3. The van der Waals surface area contributed by atoms with E-state index in [1.165, 1.54) is 0 Å². The van der Waals surface area contributed by atoms with Gasteiger partial charge < -0.3 is 20.7 Å². The summed E-state index contributed by atoms with van der Waals surface area (Å²) < 4.78 is 5.00. The first-order valence-corrected chi connectivity index (χ1v) is 6.42. The van der Waals surface area contributed by atoms with Gasteiger partial charge in [0.05, 0.1) is 13.2 Å². The molecule has 3 amide bonds. The minimum absolute atomic E-state index is 0.160. The maximum Gasteiger partial charge on any atom is 0.246 e. The number of benzene rings is 1. The number of nitrogens with one attached hydrogen (secondary N) is 3. The van der Waals surface area contributed by atoms with Gasteiger partial charge in [-0.2, -0.15) is 0 Å². The second-order valence-corrected chi connectivity index (χ2v) is 4.41. The molecule has 7 heteroatoms. The van der Waals surface area contributed by atoms with Crippen molar-refractivity contribution in [2.24, 2.45) is 0 Å². The van der Waals surface area contributed by atoms with E-state index in [-0.39, 0.29) is 12.5 Å². The Labute approximate surface area is 123 Å². The third kappa shape index (κ3) is 6.05. The minimum Gasteiger partial charge on any atom is -0.380 e. The van der Waals surface area contributed by atoms with Gasteiger partial charge in [0.15, 0.2) is 0 Å². The third-order valence-corrected chi connectivity index (χ3v) is 2.65. The fraction of sp³-hybridized carbons (Fsp3) is 0.357. The molecule has 21 heavy (non-hydrogen) atoms. The van der Waals surface area contributed by atoms with Gasteiger partial charge in [-0.1, -0.05) is 12.1 Å². The minimum atomic E-state index is -0.704. The first kappa shape index (κ1) is 16.6. The molecule has 7 nitrogen and oxygen atoms in total. The molecule has 0 aliphatic carbocycles. The molecule has 0 aromatic heterocycles. The first-order chi connectivity index (χ1) is 10.1. The largest absolute Gasteiger partial charge is 0.380 e. The number of rotatable bonds is 8. The zero-order chi connectivity index (χ0) is 15.7. The van der Waals surface area contributed by atoms with Crippen molar-refractivity contribution in [2.75, 3.05) is 19.0 Å². The van der Waals surface area contributed by atoms with Crippen LogP contribution in [0.5, 0.6) is 0 Å². The second-order valence-electron chi connectivity index (χ2n) is 4.41. The molecule has 0 fully saturated rings. The Kier molecular flexibility index (Phi) is 6.90. The molecule has 3 N–H and O–H groups in total. The summed E-state index contributed by atoms with van der Waals surface area (Å²) in [6.45, 7) is 1.91. The third-order valence-electron chi connectivity index (χ3n) is 2.65. The molecule has 0 bridgehead atoms. The van der Waals surface area contributed by atoms with Crippen molar-refractivity contribution in [1.29, 1.82) is 0 Å². The van der Waals surface area contributed by atoms with E-state index < -0.39 is 11.9 Å². The van der Waals surface area contributed by atoms with E-state index in [9.17, 15) is 14.4 Å². The molecule has 0 heterocycles. The van der Waals surface area contributed by atoms with Crippen LogP contribution in [0, 0.1) is 0 Å². The number of carbonyl (C=O) groups is 3. The second kappa shape index (κ2) is 8.70. The van der Waals surface area contributed by atoms with Crippen molar-refractivity contribution < 1.29 is 19.1 Å². The average molecular weight is 293 g/mol. The highest BCUT2D eigenvalue weighted by molar-refractivity contribution is 5.97. The van der Waals surface area contributed by atoms with Crippen LogP contribution in [0.15, 0.2) is 24.3 Å². The molecular formula is C14H19N3O4. The molecule has 1 atom stereocenters. The molecule has 0 aliphatic rings. The number of anilines is 1. The topological polar surface area (TPSA) is 96.5 Å². The van der Waals surface area contributed by atoms with Crippen LogP contribution in [0.2, 0.25) is 0 Å². The van der Waals surface area contributed by atoms with Crippen LogP contribution in [0.4, 0.5) is 5.69 Å². The van der Waals surface area contributed by atoms with Crippen molar-refractivity contribution >= 4 is 23.9 Å². The van der Waals surface area contributed by atoms with Crippen molar-refractivity contribution in [3.05, 3.63) is 29.8 Å². The molecular weight excluding hydrogens is 274 g/mol. The molecule has 0 saturated heterocycles. The fourth-order valence-corrected chi connectivity index (χ4v) is 1.59. The lowest BCUT2D eigenvalue weighted by Crippen LogP contribution is -2.44. The van der Waals surface area contributed by atoms with Gasteiger partial charge in [-0.3, -0.25) is 14.4 Å². The molecule has 0 spiro atoms. The predicted octanol–water partition coefficient (Wildman–Crippen LogP) is 0.0222. The summed E-state index contributed by atoms with van der Waals surface area (Å²) >= 11 is 0. The summed E-state index contributed by atoms with van der Waals surface area (Å²) in [6, 6.07) is 6.50. The maximum absolute atomic E-state index is 11.9. The van der Waals surface area contributed by atoms with E-state index in [1.807, 2.05) is 12.1 Å². The van der Waals surface area contributed by atoms with Gasteiger partial charge in [-0.15, -0.1) is 0 Å². The quantitative estimate of drug-likeness (QED) is 0.589. The molecule has 0 radical (unpaired) electrons. The summed E-state index contributed by atoms with van der Waals surface area (Å²) in [7, 11) is 1.61. The highest BCUT2D eigenvalue weighted by atomic mass is 16.5. The van der Waals surface area contributed by atoms with Gasteiger partial charge in [0, 0.05) is 12.8 Å². The lowest BCUT2D eigenvalue weighted by molar-refractivity contribution is -0.126.